The Morgan fingerprint density at radius 1 is 1.36 bits per heavy atom. The molecule has 0 radical (unpaired) electrons. The lowest BCUT2D eigenvalue weighted by Gasteiger charge is -2.25. The largest absolute Gasteiger partial charge is 0.352 e. The van der Waals surface area contributed by atoms with Crippen molar-refractivity contribution in [1.29, 1.82) is 0 Å². The molecule has 0 saturated carbocycles. The van der Waals surface area contributed by atoms with Crippen molar-refractivity contribution >= 4 is 11.8 Å². The van der Waals surface area contributed by atoms with Gasteiger partial charge in [-0.2, -0.15) is 5.10 Å². The fourth-order valence-corrected chi connectivity index (χ4v) is 3.15. The van der Waals surface area contributed by atoms with Crippen molar-refractivity contribution in [3.05, 3.63) is 41.2 Å². The molecule has 2 aromatic rings. The van der Waals surface area contributed by atoms with Gasteiger partial charge in [-0.15, -0.1) is 0 Å². The first-order chi connectivity index (χ1) is 12.0. The third kappa shape index (κ3) is 3.67. The van der Waals surface area contributed by atoms with E-state index in [0.29, 0.717) is 24.5 Å². The highest BCUT2D eigenvalue weighted by Gasteiger charge is 2.33. The molecule has 0 aliphatic carbocycles. The van der Waals surface area contributed by atoms with Crippen LogP contribution in [-0.2, 0) is 18.4 Å². The predicted octanol–water partition coefficient (Wildman–Crippen LogP) is 1.13. The minimum Gasteiger partial charge on any atom is -0.352 e. The maximum atomic E-state index is 12.9. The van der Waals surface area contributed by atoms with Gasteiger partial charge in [-0.1, -0.05) is 0 Å². The molecular weight excluding hydrogens is 320 g/mol. The zero-order valence-electron chi connectivity index (χ0n) is 14.7. The van der Waals surface area contributed by atoms with Gasteiger partial charge in [-0.25, -0.2) is 9.97 Å². The van der Waals surface area contributed by atoms with Crippen LogP contribution in [-0.4, -0.2) is 43.0 Å². The van der Waals surface area contributed by atoms with E-state index < -0.39 is 0 Å². The number of aryl methyl sites for hydroxylation is 2. The van der Waals surface area contributed by atoms with Gasteiger partial charge in [0.1, 0.15) is 5.82 Å². The van der Waals surface area contributed by atoms with E-state index in [4.69, 9.17) is 0 Å². The lowest BCUT2D eigenvalue weighted by atomic mass is 10.1. The van der Waals surface area contributed by atoms with Gasteiger partial charge < -0.3 is 10.2 Å². The lowest BCUT2D eigenvalue weighted by molar-refractivity contribution is -0.119. The molecule has 3 rings (SSSR count). The Bertz CT molecular complexity index is 800. The number of rotatable bonds is 4. The molecule has 0 aromatic carbocycles. The second-order valence-electron chi connectivity index (χ2n) is 6.30. The average Bonchev–Trinajstić information content (AvgIpc) is 3.21. The Labute approximate surface area is 146 Å². The second kappa shape index (κ2) is 7.00. The minimum absolute atomic E-state index is 0.0441. The summed E-state index contributed by atoms with van der Waals surface area (Å²) in [6.07, 6.45) is 6.80. The van der Waals surface area contributed by atoms with E-state index in [1.807, 2.05) is 11.8 Å². The molecular formula is C17H22N6O2. The third-order valence-corrected chi connectivity index (χ3v) is 4.33. The van der Waals surface area contributed by atoms with E-state index in [1.165, 1.54) is 6.92 Å². The smallest absolute Gasteiger partial charge is 0.257 e. The van der Waals surface area contributed by atoms with Crippen molar-refractivity contribution in [1.82, 2.24) is 30.0 Å². The van der Waals surface area contributed by atoms with E-state index in [1.54, 1.807) is 30.3 Å². The van der Waals surface area contributed by atoms with Crippen LogP contribution in [0.5, 0.6) is 0 Å². The number of likely N-dealkylation sites (tertiary alicyclic amines) is 1. The minimum atomic E-state index is -0.113. The van der Waals surface area contributed by atoms with Gasteiger partial charge in [0, 0.05) is 45.0 Å². The highest BCUT2D eigenvalue weighted by molar-refractivity contribution is 5.94. The summed E-state index contributed by atoms with van der Waals surface area (Å²) in [4.78, 5) is 34.8. The monoisotopic (exact) mass is 342 g/mol. The quantitative estimate of drug-likeness (QED) is 0.899. The lowest BCUT2D eigenvalue weighted by Crippen LogP contribution is -2.32. The van der Waals surface area contributed by atoms with Crippen LogP contribution >= 0.6 is 0 Å². The summed E-state index contributed by atoms with van der Waals surface area (Å²) in [5.41, 5.74) is 2.23. The van der Waals surface area contributed by atoms with Gasteiger partial charge in [0.2, 0.25) is 5.91 Å². The van der Waals surface area contributed by atoms with Gasteiger partial charge in [0.15, 0.2) is 0 Å². The van der Waals surface area contributed by atoms with Crippen molar-refractivity contribution in [3.8, 4) is 0 Å². The standard InChI is InChI=1S/C17H22N6O2/c1-11-18-7-13(8-19-12(2)24)16(21-11)15-5-4-6-23(15)17(25)14-9-20-22(3)10-14/h7,9-10,15H,4-6,8H2,1-3H3,(H,19,24). The normalized spacial score (nSPS) is 16.9. The molecule has 1 fully saturated rings. The number of hydrogen-bond acceptors (Lipinski definition) is 5. The summed E-state index contributed by atoms with van der Waals surface area (Å²) in [6.45, 7) is 4.34. The van der Waals surface area contributed by atoms with Crippen molar-refractivity contribution in [2.24, 2.45) is 7.05 Å². The molecule has 1 atom stereocenters. The molecule has 132 valence electrons. The molecule has 3 heterocycles. The molecule has 2 aromatic heterocycles. The van der Waals surface area contributed by atoms with Gasteiger partial charge >= 0.3 is 0 Å². The Hall–Kier alpha value is -2.77. The first-order valence-corrected chi connectivity index (χ1v) is 8.32. The van der Waals surface area contributed by atoms with Gasteiger partial charge in [0.25, 0.3) is 5.91 Å². The summed E-state index contributed by atoms with van der Waals surface area (Å²) < 4.78 is 1.62. The average molecular weight is 342 g/mol. The van der Waals surface area contributed by atoms with Crippen LogP contribution in [0.4, 0.5) is 0 Å². The van der Waals surface area contributed by atoms with Crippen LogP contribution in [0.3, 0.4) is 0 Å². The van der Waals surface area contributed by atoms with Crippen LogP contribution in [0.1, 0.15) is 53.2 Å². The van der Waals surface area contributed by atoms with E-state index in [9.17, 15) is 9.59 Å². The molecule has 0 spiro atoms. The van der Waals surface area contributed by atoms with Crippen molar-refractivity contribution < 1.29 is 9.59 Å². The van der Waals surface area contributed by atoms with E-state index in [-0.39, 0.29) is 17.9 Å². The van der Waals surface area contributed by atoms with Crippen LogP contribution in [0, 0.1) is 6.92 Å². The number of amides is 2. The topological polar surface area (TPSA) is 93.0 Å². The van der Waals surface area contributed by atoms with Gasteiger partial charge in [0.05, 0.1) is 23.5 Å². The van der Waals surface area contributed by atoms with Crippen LogP contribution < -0.4 is 5.32 Å². The Kier molecular flexibility index (Phi) is 4.78. The Morgan fingerprint density at radius 2 is 2.16 bits per heavy atom. The second-order valence-corrected chi connectivity index (χ2v) is 6.30. The fraction of sp³-hybridized carbons (Fsp3) is 0.471. The highest BCUT2D eigenvalue weighted by Crippen LogP contribution is 2.33. The first-order valence-electron chi connectivity index (χ1n) is 8.32. The first kappa shape index (κ1) is 17.1. The molecule has 1 aliphatic rings. The molecule has 8 heteroatoms. The molecule has 8 nitrogen and oxygen atoms in total. The summed E-state index contributed by atoms with van der Waals surface area (Å²) in [7, 11) is 1.79. The van der Waals surface area contributed by atoms with Gasteiger partial charge in [-0.3, -0.25) is 14.3 Å². The van der Waals surface area contributed by atoms with Gasteiger partial charge in [-0.05, 0) is 19.8 Å². The molecule has 1 saturated heterocycles. The number of nitrogens with zero attached hydrogens (tertiary/aromatic N) is 5. The summed E-state index contributed by atoms with van der Waals surface area (Å²) in [6, 6.07) is -0.113. The summed E-state index contributed by atoms with van der Waals surface area (Å²) in [5, 5.41) is 6.87. The number of carbonyl (C=O) groups is 2. The zero-order chi connectivity index (χ0) is 18.0. The SMILES string of the molecule is CC(=O)NCc1cnc(C)nc1C1CCCN1C(=O)c1cnn(C)c1. The summed E-state index contributed by atoms with van der Waals surface area (Å²) in [5.74, 6) is 0.501. The van der Waals surface area contributed by atoms with E-state index in [0.717, 1.165) is 24.1 Å². The van der Waals surface area contributed by atoms with Crippen molar-refractivity contribution in [2.45, 2.75) is 39.3 Å². The van der Waals surface area contributed by atoms with Crippen LogP contribution in [0.2, 0.25) is 0 Å². The van der Waals surface area contributed by atoms with Crippen LogP contribution in [0.15, 0.2) is 18.6 Å². The van der Waals surface area contributed by atoms with Crippen molar-refractivity contribution in [2.75, 3.05) is 6.54 Å². The molecule has 1 N–H and O–H groups in total. The maximum absolute atomic E-state index is 12.9. The van der Waals surface area contributed by atoms with E-state index >= 15 is 0 Å². The number of aromatic nitrogens is 4. The third-order valence-electron chi connectivity index (χ3n) is 4.33. The maximum Gasteiger partial charge on any atom is 0.257 e. The fourth-order valence-electron chi connectivity index (χ4n) is 3.15. The van der Waals surface area contributed by atoms with Crippen molar-refractivity contribution in [3.63, 3.8) is 0 Å². The molecule has 25 heavy (non-hydrogen) atoms. The zero-order valence-corrected chi connectivity index (χ0v) is 14.7. The molecule has 0 bridgehead atoms. The highest BCUT2D eigenvalue weighted by atomic mass is 16.2. The number of nitrogens with one attached hydrogen (secondary N) is 1. The molecule has 2 amide bonds. The van der Waals surface area contributed by atoms with Crippen LogP contribution in [0.25, 0.3) is 0 Å². The number of hydrogen-bond donors (Lipinski definition) is 1. The Balaban J connectivity index is 1.90. The molecule has 1 unspecified atom stereocenters. The predicted molar refractivity (Wildman–Crippen MR) is 90.5 cm³/mol. The summed E-state index contributed by atoms with van der Waals surface area (Å²) >= 11 is 0. The van der Waals surface area contributed by atoms with E-state index in [2.05, 4.69) is 20.4 Å². The Morgan fingerprint density at radius 3 is 2.84 bits per heavy atom. The molecule has 1 aliphatic heterocycles. The number of carbonyl (C=O) groups excluding carboxylic acids is 2.